The standard InChI is InChI=1S/C11H16FN3O4/c1-2-11(5-16)7(17)3-8(19-11)15-4-6(12)9(13)14-10(15)18/h4,7-8,16-17H,2-3,5H2,1H3,(H2,13,14,18). The number of nitrogen functional groups attached to an aromatic ring is 1. The third-order valence-electron chi connectivity index (χ3n) is 3.51. The second-order valence-corrected chi connectivity index (χ2v) is 4.56. The lowest BCUT2D eigenvalue weighted by atomic mass is 9.95. The molecule has 1 aromatic rings. The summed E-state index contributed by atoms with van der Waals surface area (Å²) >= 11 is 0. The number of anilines is 1. The molecule has 19 heavy (non-hydrogen) atoms. The molecule has 0 bridgehead atoms. The SMILES string of the molecule is CCC1(CO)OC(n2cc(F)c(N)nc2=O)CC1O. The van der Waals surface area contributed by atoms with E-state index >= 15 is 0 Å². The Hall–Kier alpha value is -1.51. The Morgan fingerprint density at radius 1 is 1.74 bits per heavy atom. The average molecular weight is 273 g/mol. The summed E-state index contributed by atoms with van der Waals surface area (Å²) in [6.07, 6.45) is -0.497. The summed E-state index contributed by atoms with van der Waals surface area (Å²) < 4.78 is 19.8. The van der Waals surface area contributed by atoms with Crippen LogP contribution in [-0.2, 0) is 4.74 Å². The van der Waals surface area contributed by atoms with Crippen molar-refractivity contribution in [3.8, 4) is 0 Å². The number of aromatic nitrogens is 2. The van der Waals surface area contributed by atoms with Gasteiger partial charge in [-0.05, 0) is 6.42 Å². The first-order valence-corrected chi connectivity index (χ1v) is 5.94. The van der Waals surface area contributed by atoms with E-state index in [2.05, 4.69) is 4.98 Å². The van der Waals surface area contributed by atoms with Gasteiger partial charge >= 0.3 is 5.69 Å². The zero-order chi connectivity index (χ0) is 14.2. The van der Waals surface area contributed by atoms with Crippen LogP contribution in [-0.4, -0.2) is 38.1 Å². The van der Waals surface area contributed by atoms with Gasteiger partial charge in [0.15, 0.2) is 11.6 Å². The van der Waals surface area contributed by atoms with Crippen molar-refractivity contribution in [3.63, 3.8) is 0 Å². The van der Waals surface area contributed by atoms with E-state index in [-0.39, 0.29) is 13.0 Å². The van der Waals surface area contributed by atoms with Gasteiger partial charge in [0.1, 0.15) is 11.8 Å². The van der Waals surface area contributed by atoms with Gasteiger partial charge < -0.3 is 20.7 Å². The second-order valence-electron chi connectivity index (χ2n) is 4.56. The van der Waals surface area contributed by atoms with E-state index in [9.17, 15) is 19.4 Å². The van der Waals surface area contributed by atoms with Gasteiger partial charge in [-0.1, -0.05) is 6.92 Å². The lowest BCUT2D eigenvalue weighted by molar-refractivity contribution is -0.130. The highest BCUT2D eigenvalue weighted by Crippen LogP contribution is 2.38. The largest absolute Gasteiger partial charge is 0.393 e. The van der Waals surface area contributed by atoms with Gasteiger partial charge in [-0.15, -0.1) is 0 Å². The van der Waals surface area contributed by atoms with Gasteiger partial charge in [-0.2, -0.15) is 4.98 Å². The maximum atomic E-state index is 13.4. The molecule has 0 saturated carbocycles. The molecular weight excluding hydrogens is 257 g/mol. The molecule has 0 amide bonds. The van der Waals surface area contributed by atoms with Crippen LogP contribution in [0, 0.1) is 5.82 Å². The van der Waals surface area contributed by atoms with Crippen LogP contribution in [0.3, 0.4) is 0 Å². The number of nitrogens with zero attached hydrogens (tertiary/aromatic N) is 2. The van der Waals surface area contributed by atoms with Gasteiger partial charge in [0.05, 0.1) is 18.9 Å². The number of hydrogen-bond donors (Lipinski definition) is 3. The average Bonchev–Trinajstić information content (AvgIpc) is 2.71. The molecule has 1 saturated heterocycles. The van der Waals surface area contributed by atoms with Crippen LogP contribution in [0.5, 0.6) is 0 Å². The Bertz CT molecular complexity index is 529. The summed E-state index contributed by atoms with van der Waals surface area (Å²) in [4.78, 5) is 15.0. The molecule has 3 atom stereocenters. The molecule has 0 spiro atoms. The van der Waals surface area contributed by atoms with Gasteiger partial charge in [0.25, 0.3) is 0 Å². The zero-order valence-corrected chi connectivity index (χ0v) is 10.4. The molecule has 1 aliphatic rings. The van der Waals surface area contributed by atoms with E-state index in [0.29, 0.717) is 6.42 Å². The topological polar surface area (TPSA) is 111 Å². The molecule has 7 nitrogen and oxygen atoms in total. The lowest BCUT2D eigenvalue weighted by Gasteiger charge is -2.28. The van der Waals surface area contributed by atoms with E-state index in [1.54, 1.807) is 6.92 Å². The fourth-order valence-electron chi connectivity index (χ4n) is 2.21. The molecule has 106 valence electrons. The van der Waals surface area contributed by atoms with Crippen molar-refractivity contribution in [2.75, 3.05) is 12.3 Å². The van der Waals surface area contributed by atoms with Crippen molar-refractivity contribution in [1.29, 1.82) is 0 Å². The fourth-order valence-corrected chi connectivity index (χ4v) is 2.21. The van der Waals surface area contributed by atoms with Crippen LogP contribution in [0.1, 0.15) is 26.0 Å². The first kappa shape index (κ1) is 13.9. The normalized spacial score (nSPS) is 30.7. The van der Waals surface area contributed by atoms with E-state index in [4.69, 9.17) is 10.5 Å². The number of nitrogens with two attached hydrogens (primary N) is 1. The van der Waals surface area contributed by atoms with Crippen molar-refractivity contribution in [2.45, 2.75) is 37.7 Å². The summed E-state index contributed by atoms with van der Waals surface area (Å²) in [6.45, 7) is 1.35. The minimum Gasteiger partial charge on any atom is -0.393 e. The minimum atomic E-state index is -1.14. The Labute approximate surface area is 108 Å². The van der Waals surface area contributed by atoms with E-state index in [0.717, 1.165) is 10.8 Å². The number of halogens is 1. The second kappa shape index (κ2) is 4.87. The van der Waals surface area contributed by atoms with Crippen LogP contribution < -0.4 is 11.4 Å². The van der Waals surface area contributed by atoms with E-state index in [1.807, 2.05) is 0 Å². The van der Waals surface area contributed by atoms with Crippen molar-refractivity contribution >= 4 is 5.82 Å². The molecular formula is C11H16FN3O4. The Balaban J connectivity index is 2.36. The maximum Gasteiger partial charge on any atom is 0.351 e. The molecule has 0 radical (unpaired) electrons. The van der Waals surface area contributed by atoms with Crippen molar-refractivity contribution < 1.29 is 19.3 Å². The number of hydrogen-bond acceptors (Lipinski definition) is 6. The highest BCUT2D eigenvalue weighted by atomic mass is 19.1. The number of ether oxygens (including phenoxy) is 1. The minimum absolute atomic E-state index is 0.0688. The maximum absolute atomic E-state index is 13.4. The number of rotatable bonds is 3. The molecule has 0 aliphatic carbocycles. The van der Waals surface area contributed by atoms with Gasteiger partial charge in [-0.25, -0.2) is 9.18 Å². The van der Waals surface area contributed by atoms with Gasteiger partial charge in [0, 0.05) is 6.42 Å². The Morgan fingerprint density at radius 2 is 2.42 bits per heavy atom. The van der Waals surface area contributed by atoms with Gasteiger partial charge in [-0.3, -0.25) is 4.57 Å². The van der Waals surface area contributed by atoms with Crippen LogP contribution in [0.2, 0.25) is 0 Å². The molecule has 0 aromatic carbocycles. The fraction of sp³-hybridized carbons (Fsp3) is 0.636. The highest BCUT2D eigenvalue weighted by molar-refractivity contribution is 5.26. The van der Waals surface area contributed by atoms with Crippen molar-refractivity contribution in [2.24, 2.45) is 0 Å². The van der Waals surface area contributed by atoms with Crippen molar-refractivity contribution in [3.05, 3.63) is 22.5 Å². The Morgan fingerprint density at radius 3 is 2.95 bits per heavy atom. The molecule has 8 heteroatoms. The first-order chi connectivity index (χ1) is 8.93. The monoisotopic (exact) mass is 273 g/mol. The molecule has 1 aromatic heterocycles. The third-order valence-corrected chi connectivity index (χ3v) is 3.51. The summed E-state index contributed by atoms with van der Waals surface area (Å²) in [6, 6.07) is 0. The smallest absolute Gasteiger partial charge is 0.351 e. The molecule has 4 N–H and O–H groups in total. The molecule has 3 unspecified atom stereocenters. The summed E-state index contributed by atoms with van der Waals surface area (Å²) in [7, 11) is 0. The Kier molecular flexibility index (Phi) is 3.57. The van der Waals surface area contributed by atoms with Crippen LogP contribution >= 0.6 is 0 Å². The molecule has 1 aliphatic heterocycles. The lowest BCUT2D eigenvalue weighted by Crippen LogP contribution is -2.42. The molecule has 1 fully saturated rings. The highest BCUT2D eigenvalue weighted by Gasteiger charge is 2.47. The molecule has 2 heterocycles. The van der Waals surface area contributed by atoms with Crippen LogP contribution in [0.4, 0.5) is 10.2 Å². The predicted molar refractivity (Wildman–Crippen MR) is 63.7 cm³/mol. The zero-order valence-electron chi connectivity index (χ0n) is 10.4. The summed E-state index contributed by atoms with van der Waals surface area (Å²) in [5, 5.41) is 19.3. The van der Waals surface area contributed by atoms with Crippen molar-refractivity contribution in [1.82, 2.24) is 9.55 Å². The summed E-state index contributed by atoms with van der Waals surface area (Å²) in [5.74, 6) is -1.32. The van der Waals surface area contributed by atoms with E-state index < -0.39 is 35.3 Å². The van der Waals surface area contributed by atoms with Crippen LogP contribution in [0.15, 0.2) is 11.0 Å². The van der Waals surface area contributed by atoms with E-state index in [1.165, 1.54) is 0 Å². The number of aliphatic hydroxyl groups excluding tert-OH is 2. The quantitative estimate of drug-likeness (QED) is 0.677. The summed E-state index contributed by atoms with van der Waals surface area (Å²) in [5.41, 5.74) is 3.29. The predicted octanol–water partition coefficient (Wildman–Crippen LogP) is -0.615. The first-order valence-electron chi connectivity index (χ1n) is 5.94. The van der Waals surface area contributed by atoms with Crippen LogP contribution in [0.25, 0.3) is 0 Å². The third kappa shape index (κ3) is 2.22. The van der Waals surface area contributed by atoms with Gasteiger partial charge in [0.2, 0.25) is 0 Å². The number of aliphatic hydroxyl groups is 2. The molecule has 2 rings (SSSR count).